The number of aliphatic carboxylic acids is 1. The minimum absolute atomic E-state index is 0.427. The number of carboxylic acid groups (broad SMARTS) is 1. The van der Waals surface area contributed by atoms with E-state index in [0.717, 1.165) is 23.2 Å². The van der Waals surface area contributed by atoms with Crippen LogP contribution in [-0.4, -0.2) is 59.2 Å². The second kappa shape index (κ2) is 8.10. The van der Waals surface area contributed by atoms with Crippen LogP contribution in [-0.2, 0) is 11.0 Å². The molecule has 0 saturated carbocycles. The molecule has 3 aromatic rings. The molecule has 2 N–H and O–H groups in total. The number of aromatic nitrogens is 2. The Kier molecular flexibility index (Phi) is 5.48. The predicted molar refractivity (Wildman–Crippen MR) is 108 cm³/mol. The zero-order valence-electron chi connectivity index (χ0n) is 16.7. The minimum atomic E-state index is -4.43. The van der Waals surface area contributed by atoms with E-state index in [1.807, 2.05) is 21.9 Å². The number of rotatable bonds is 5. The Morgan fingerprint density at radius 3 is 2.52 bits per heavy atom. The number of benzene rings is 1. The van der Waals surface area contributed by atoms with E-state index in [0.29, 0.717) is 43.3 Å². The van der Waals surface area contributed by atoms with Gasteiger partial charge in [0.15, 0.2) is 0 Å². The number of ether oxygens (including phenoxy) is 1. The van der Waals surface area contributed by atoms with Gasteiger partial charge >= 0.3 is 12.1 Å². The Balaban J connectivity index is 1.52. The molecule has 164 valence electrons. The maximum Gasteiger partial charge on any atom is 0.417 e. The number of halogens is 3. The Hall–Kier alpha value is -3.27. The van der Waals surface area contributed by atoms with E-state index in [4.69, 9.17) is 4.74 Å². The lowest BCUT2D eigenvalue weighted by Crippen LogP contribution is -2.49. The van der Waals surface area contributed by atoms with Crippen LogP contribution in [0.5, 0.6) is 5.75 Å². The molecule has 0 amide bonds. The molecule has 1 saturated heterocycles. The van der Waals surface area contributed by atoms with Crippen LogP contribution < -0.4 is 9.64 Å². The third kappa shape index (κ3) is 4.02. The third-order valence-corrected chi connectivity index (χ3v) is 5.54. The number of anilines is 1. The van der Waals surface area contributed by atoms with E-state index in [-0.39, 0.29) is 0 Å². The molecule has 0 spiro atoms. The predicted octanol–water partition coefficient (Wildman–Crippen LogP) is 3.54. The summed E-state index contributed by atoms with van der Waals surface area (Å²) in [5.41, 5.74) is 0.580. The fourth-order valence-electron chi connectivity index (χ4n) is 3.98. The smallest absolute Gasteiger partial charge is 0.417 e. The summed E-state index contributed by atoms with van der Waals surface area (Å²) in [5, 5.41) is 10.7. The highest BCUT2D eigenvalue weighted by Crippen LogP contribution is 2.34. The first-order valence-corrected chi connectivity index (χ1v) is 9.68. The highest BCUT2D eigenvalue weighted by Gasteiger charge is 2.34. The number of hydrogen-bond acceptors (Lipinski definition) is 5. The largest absolute Gasteiger partial charge is 0.495 e. The van der Waals surface area contributed by atoms with Gasteiger partial charge in [0.05, 0.1) is 18.2 Å². The van der Waals surface area contributed by atoms with Gasteiger partial charge in [-0.2, -0.15) is 13.2 Å². The molecule has 7 nitrogen and oxygen atoms in total. The molecule has 4 rings (SSSR count). The number of nitrogens with zero attached hydrogens (tertiary/aromatic N) is 3. The lowest BCUT2D eigenvalue weighted by molar-refractivity contribution is -0.143. The van der Waals surface area contributed by atoms with Crippen LogP contribution in [0.4, 0.5) is 19.0 Å². The lowest BCUT2D eigenvalue weighted by atomic mass is 10.0. The molecule has 1 aliphatic rings. The Labute approximate surface area is 176 Å². The molecule has 0 unspecified atom stereocenters. The number of pyridine rings is 1. The van der Waals surface area contributed by atoms with E-state index in [9.17, 15) is 23.1 Å². The Morgan fingerprint density at radius 1 is 1.19 bits per heavy atom. The number of methoxy groups -OCH3 is 1. The molecule has 1 fully saturated rings. The van der Waals surface area contributed by atoms with Crippen molar-refractivity contribution in [2.24, 2.45) is 0 Å². The number of fused-ring (bicyclic) bond motifs is 1. The highest BCUT2D eigenvalue weighted by atomic mass is 19.4. The summed E-state index contributed by atoms with van der Waals surface area (Å²) in [5.74, 6) is 0.104. The van der Waals surface area contributed by atoms with Gasteiger partial charge in [-0.25, -0.2) is 4.98 Å². The van der Waals surface area contributed by atoms with Gasteiger partial charge in [0.1, 0.15) is 17.6 Å². The molecule has 1 aromatic carbocycles. The monoisotopic (exact) mass is 434 g/mol. The zero-order valence-corrected chi connectivity index (χ0v) is 16.7. The molecule has 1 atom stereocenters. The van der Waals surface area contributed by atoms with E-state index >= 15 is 0 Å². The molecule has 31 heavy (non-hydrogen) atoms. The molecule has 10 heteroatoms. The maximum absolute atomic E-state index is 12.7. The van der Waals surface area contributed by atoms with Crippen molar-refractivity contribution < 1.29 is 27.8 Å². The van der Waals surface area contributed by atoms with E-state index < -0.39 is 23.8 Å². The SMILES string of the molecule is COc1cccc2c([C@@H](C(=O)O)N3CCN(c4ccc(C(F)(F)F)cn4)CC3)c[nH]c12. The molecule has 2 aromatic heterocycles. The number of para-hydroxylation sites is 1. The van der Waals surface area contributed by atoms with Crippen LogP contribution in [0.1, 0.15) is 17.2 Å². The molecule has 0 radical (unpaired) electrons. The van der Waals surface area contributed by atoms with Crippen molar-refractivity contribution in [3.8, 4) is 5.75 Å². The van der Waals surface area contributed by atoms with Gasteiger partial charge in [0.2, 0.25) is 0 Å². The Morgan fingerprint density at radius 2 is 1.94 bits per heavy atom. The van der Waals surface area contributed by atoms with Crippen LogP contribution in [0.3, 0.4) is 0 Å². The first kappa shape index (κ1) is 21.0. The summed E-state index contributed by atoms with van der Waals surface area (Å²) in [7, 11) is 1.55. The van der Waals surface area contributed by atoms with Gasteiger partial charge in [-0.05, 0) is 18.2 Å². The van der Waals surface area contributed by atoms with Crippen molar-refractivity contribution in [1.82, 2.24) is 14.9 Å². The second-order valence-corrected chi connectivity index (χ2v) is 7.29. The van der Waals surface area contributed by atoms with E-state index in [2.05, 4.69) is 9.97 Å². The number of carbonyl (C=O) groups is 1. The van der Waals surface area contributed by atoms with Crippen LogP contribution in [0.25, 0.3) is 10.9 Å². The number of H-pyrrole nitrogens is 1. The zero-order chi connectivity index (χ0) is 22.2. The van der Waals surface area contributed by atoms with E-state index in [1.54, 1.807) is 19.4 Å². The van der Waals surface area contributed by atoms with Crippen molar-refractivity contribution >= 4 is 22.7 Å². The fraction of sp³-hybridized carbons (Fsp3) is 0.333. The molecule has 3 heterocycles. The van der Waals surface area contributed by atoms with Crippen LogP contribution >= 0.6 is 0 Å². The van der Waals surface area contributed by atoms with Crippen LogP contribution in [0.15, 0.2) is 42.7 Å². The number of nitrogens with one attached hydrogen (secondary N) is 1. The molecule has 0 bridgehead atoms. The first-order valence-electron chi connectivity index (χ1n) is 9.68. The van der Waals surface area contributed by atoms with Gasteiger partial charge < -0.3 is 19.7 Å². The second-order valence-electron chi connectivity index (χ2n) is 7.29. The summed E-state index contributed by atoms with van der Waals surface area (Å²) < 4.78 is 43.6. The molecule has 0 aliphatic carbocycles. The van der Waals surface area contributed by atoms with Gasteiger partial charge in [0, 0.05) is 49.5 Å². The number of alkyl halides is 3. The summed E-state index contributed by atoms with van der Waals surface area (Å²) in [6.07, 6.45) is -1.92. The summed E-state index contributed by atoms with van der Waals surface area (Å²) in [6.45, 7) is 1.76. The molecular weight excluding hydrogens is 413 g/mol. The van der Waals surface area contributed by atoms with Crippen molar-refractivity contribution in [3.05, 3.63) is 53.9 Å². The van der Waals surface area contributed by atoms with Crippen LogP contribution in [0, 0.1) is 0 Å². The molecule has 1 aliphatic heterocycles. The normalized spacial score (nSPS) is 16.5. The van der Waals surface area contributed by atoms with Crippen LogP contribution in [0.2, 0.25) is 0 Å². The number of piperazine rings is 1. The van der Waals surface area contributed by atoms with Crippen molar-refractivity contribution in [1.29, 1.82) is 0 Å². The van der Waals surface area contributed by atoms with Crippen molar-refractivity contribution in [3.63, 3.8) is 0 Å². The van der Waals surface area contributed by atoms with Gasteiger partial charge in [-0.1, -0.05) is 12.1 Å². The fourth-order valence-corrected chi connectivity index (χ4v) is 3.98. The van der Waals surface area contributed by atoms with Crippen molar-refractivity contribution in [2.45, 2.75) is 12.2 Å². The summed E-state index contributed by atoms with van der Waals surface area (Å²) in [6, 6.07) is 6.96. The van der Waals surface area contributed by atoms with Gasteiger partial charge in [0.25, 0.3) is 0 Å². The number of hydrogen-bond donors (Lipinski definition) is 2. The third-order valence-electron chi connectivity index (χ3n) is 5.54. The van der Waals surface area contributed by atoms with Gasteiger partial charge in [-0.3, -0.25) is 9.69 Å². The maximum atomic E-state index is 12.7. The van der Waals surface area contributed by atoms with Crippen molar-refractivity contribution in [2.75, 3.05) is 38.2 Å². The quantitative estimate of drug-likeness (QED) is 0.640. The average molecular weight is 434 g/mol. The Bertz CT molecular complexity index is 1070. The number of aromatic amines is 1. The average Bonchev–Trinajstić information content (AvgIpc) is 3.17. The topological polar surface area (TPSA) is 81.7 Å². The highest BCUT2D eigenvalue weighted by molar-refractivity contribution is 5.92. The first-order chi connectivity index (χ1) is 14.8. The lowest BCUT2D eigenvalue weighted by Gasteiger charge is -2.38. The minimum Gasteiger partial charge on any atom is -0.495 e. The number of carboxylic acids is 1. The molecular formula is C21H21F3N4O3. The van der Waals surface area contributed by atoms with E-state index in [1.165, 1.54) is 6.07 Å². The summed E-state index contributed by atoms with van der Waals surface area (Å²) >= 11 is 0. The van der Waals surface area contributed by atoms with Gasteiger partial charge in [-0.15, -0.1) is 0 Å². The standard InChI is InChI=1S/C21H21F3N4O3/c1-31-16-4-2-3-14-15(12-26-18(14)16)19(20(29)30)28-9-7-27(8-10-28)17-6-5-13(11-25-17)21(22,23)24/h2-6,11-12,19,26H,7-10H2,1H3,(H,29,30)/t19-/m0/s1. The summed E-state index contributed by atoms with van der Waals surface area (Å²) in [4.78, 5) is 22.9.